The Morgan fingerprint density at radius 1 is 1.07 bits per heavy atom. The molecule has 3 aromatic heterocycles. The molecule has 0 bridgehead atoms. The van der Waals surface area contributed by atoms with Gasteiger partial charge in [0.15, 0.2) is 5.13 Å². The number of anilines is 1. The molecule has 0 aliphatic carbocycles. The van der Waals surface area contributed by atoms with E-state index in [1.165, 1.54) is 10.4 Å². The average Bonchev–Trinajstić information content (AvgIpc) is 3.28. The first kappa shape index (κ1) is 19.0. The Kier molecular flexibility index (Phi) is 4.64. The van der Waals surface area contributed by atoms with Gasteiger partial charge in [0.1, 0.15) is 17.0 Å². The van der Waals surface area contributed by atoms with Crippen LogP contribution in [0.4, 0.5) is 5.13 Å². The standard InChI is InChI=1S/C23H23N5OS/c1-14-4-7-16(8-5-14)20-21(28-12-15(2)6-9-19(28)25-20)22(29)26-23-24-17-10-11-27(3)13-18(17)30-23/h4-9,12H,10-11,13H2,1-3H3,(H,24,26,29). The maximum absolute atomic E-state index is 13.4. The third kappa shape index (κ3) is 3.40. The summed E-state index contributed by atoms with van der Waals surface area (Å²) in [5.74, 6) is -0.192. The fraction of sp³-hybridized carbons (Fsp3) is 0.261. The number of carbonyl (C=O) groups excluding carboxylic acids is 1. The molecule has 0 saturated heterocycles. The number of fused-ring (bicyclic) bond motifs is 2. The Bertz CT molecular complexity index is 1250. The average molecular weight is 418 g/mol. The van der Waals surface area contributed by atoms with Gasteiger partial charge in [-0.15, -0.1) is 11.3 Å². The molecule has 30 heavy (non-hydrogen) atoms. The summed E-state index contributed by atoms with van der Waals surface area (Å²) in [7, 11) is 2.11. The predicted molar refractivity (Wildman–Crippen MR) is 120 cm³/mol. The molecule has 7 heteroatoms. The lowest BCUT2D eigenvalue weighted by molar-refractivity contribution is 0.102. The highest BCUT2D eigenvalue weighted by molar-refractivity contribution is 7.15. The zero-order valence-corrected chi connectivity index (χ0v) is 18.1. The van der Waals surface area contributed by atoms with Crippen LogP contribution >= 0.6 is 11.3 Å². The number of imidazole rings is 1. The van der Waals surface area contributed by atoms with Crippen molar-refractivity contribution in [2.75, 3.05) is 18.9 Å². The van der Waals surface area contributed by atoms with E-state index in [0.29, 0.717) is 16.5 Å². The summed E-state index contributed by atoms with van der Waals surface area (Å²) in [6, 6.07) is 12.1. The van der Waals surface area contributed by atoms with Crippen LogP contribution in [0.15, 0.2) is 42.6 Å². The molecule has 0 fully saturated rings. The summed E-state index contributed by atoms with van der Waals surface area (Å²) in [6.45, 7) is 5.94. The second-order valence-electron chi connectivity index (χ2n) is 7.94. The van der Waals surface area contributed by atoms with Crippen LogP contribution in [-0.4, -0.2) is 38.8 Å². The van der Waals surface area contributed by atoms with Crippen LogP contribution in [0.1, 0.15) is 32.2 Å². The molecule has 4 aromatic rings. The molecular weight excluding hydrogens is 394 g/mol. The molecule has 0 atom stereocenters. The number of hydrogen-bond acceptors (Lipinski definition) is 5. The molecule has 1 aromatic carbocycles. The minimum atomic E-state index is -0.192. The number of aromatic nitrogens is 3. The highest BCUT2D eigenvalue weighted by atomic mass is 32.1. The van der Waals surface area contributed by atoms with Crippen molar-refractivity contribution in [2.45, 2.75) is 26.8 Å². The van der Waals surface area contributed by atoms with E-state index in [4.69, 9.17) is 4.98 Å². The molecule has 5 rings (SSSR count). The van der Waals surface area contributed by atoms with Crippen LogP contribution in [0.25, 0.3) is 16.9 Å². The lowest BCUT2D eigenvalue weighted by Crippen LogP contribution is -2.25. The molecule has 0 unspecified atom stereocenters. The number of hydrogen-bond donors (Lipinski definition) is 1. The first-order chi connectivity index (χ1) is 14.5. The third-order valence-electron chi connectivity index (χ3n) is 5.45. The van der Waals surface area contributed by atoms with E-state index in [-0.39, 0.29) is 5.91 Å². The normalized spacial score (nSPS) is 14.1. The largest absolute Gasteiger partial charge is 0.301 e. The van der Waals surface area contributed by atoms with Gasteiger partial charge in [0, 0.05) is 36.1 Å². The van der Waals surface area contributed by atoms with Crippen molar-refractivity contribution in [2.24, 2.45) is 0 Å². The maximum Gasteiger partial charge on any atom is 0.276 e. The summed E-state index contributed by atoms with van der Waals surface area (Å²) in [6.07, 6.45) is 2.87. The minimum Gasteiger partial charge on any atom is -0.301 e. The Hall–Kier alpha value is -3.03. The lowest BCUT2D eigenvalue weighted by Gasteiger charge is -2.20. The number of nitrogens with one attached hydrogen (secondary N) is 1. The third-order valence-corrected chi connectivity index (χ3v) is 6.45. The van der Waals surface area contributed by atoms with E-state index in [2.05, 4.69) is 22.2 Å². The topological polar surface area (TPSA) is 62.5 Å². The summed E-state index contributed by atoms with van der Waals surface area (Å²) in [5.41, 5.74) is 6.22. The van der Waals surface area contributed by atoms with E-state index in [1.807, 2.05) is 60.8 Å². The van der Waals surface area contributed by atoms with Crippen LogP contribution in [0.5, 0.6) is 0 Å². The zero-order valence-electron chi connectivity index (χ0n) is 17.3. The van der Waals surface area contributed by atoms with Crippen molar-refractivity contribution in [3.63, 3.8) is 0 Å². The fourth-order valence-electron chi connectivity index (χ4n) is 3.81. The number of benzene rings is 1. The summed E-state index contributed by atoms with van der Waals surface area (Å²) in [5, 5.41) is 3.69. The summed E-state index contributed by atoms with van der Waals surface area (Å²) in [4.78, 5) is 26.4. The van der Waals surface area contributed by atoms with E-state index in [1.54, 1.807) is 11.3 Å². The zero-order chi connectivity index (χ0) is 20.8. The molecule has 1 amide bonds. The van der Waals surface area contributed by atoms with Crippen LogP contribution in [-0.2, 0) is 13.0 Å². The van der Waals surface area contributed by atoms with Gasteiger partial charge < -0.3 is 4.90 Å². The van der Waals surface area contributed by atoms with Crippen molar-refractivity contribution < 1.29 is 4.79 Å². The van der Waals surface area contributed by atoms with Crippen LogP contribution in [0.2, 0.25) is 0 Å². The number of thiazole rings is 1. The molecule has 0 spiro atoms. The van der Waals surface area contributed by atoms with E-state index in [9.17, 15) is 4.79 Å². The number of pyridine rings is 1. The Balaban J connectivity index is 1.57. The number of amides is 1. The van der Waals surface area contributed by atoms with E-state index >= 15 is 0 Å². The number of nitrogens with zero attached hydrogens (tertiary/aromatic N) is 4. The molecular formula is C23H23N5OS. The van der Waals surface area contributed by atoms with Crippen molar-refractivity contribution >= 4 is 28.0 Å². The molecule has 0 radical (unpaired) electrons. The van der Waals surface area contributed by atoms with Gasteiger partial charge in [-0.2, -0.15) is 0 Å². The number of aryl methyl sites for hydroxylation is 2. The van der Waals surface area contributed by atoms with Gasteiger partial charge in [-0.25, -0.2) is 9.97 Å². The number of carbonyl (C=O) groups is 1. The number of rotatable bonds is 3. The van der Waals surface area contributed by atoms with Gasteiger partial charge in [-0.05, 0) is 32.5 Å². The Morgan fingerprint density at radius 2 is 1.83 bits per heavy atom. The van der Waals surface area contributed by atoms with E-state index in [0.717, 1.165) is 42.0 Å². The number of likely N-dealkylation sites (N-methyl/N-ethyl adjacent to an activating group) is 1. The van der Waals surface area contributed by atoms with Gasteiger partial charge in [0.05, 0.1) is 5.69 Å². The molecule has 6 nitrogen and oxygen atoms in total. The van der Waals surface area contributed by atoms with Gasteiger partial charge in [0.25, 0.3) is 5.91 Å². The fourth-order valence-corrected chi connectivity index (χ4v) is 4.90. The SMILES string of the molecule is Cc1ccc(-c2nc3ccc(C)cn3c2C(=O)Nc2nc3c(s2)CN(C)CC3)cc1. The van der Waals surface area contributed by atoms with Crippen molar-refractivity contribution in [3.8, 4) is 11.3 Å². The van der Waals surface area contributed by atoms with Crippen LogP contribution in [0.3, 0.4) is 0 Å². The quantitative estimate of drug-likeness (QED) is 0.539. The second-order valence-corrected chi connectivity index (χ2v) is 9.02. The molecule has 4 heterocycles. The van der Waals surface area contributed by atoms with Crippen LogP contribution < -0.4 is 5.32 Å². The van der Waals surface area contributed by atoms with Gasteiger partial charge in [0.2, 0.25) is 0 Å². The first-order valence-corrected chi connectivity index (χ1v) is 10.8. The van der Waals surface area contributed by atoms with Gasteiger partial charge in [-0.1, -0.05) is 35.9 Å². The first-order valence-electron chi connectivity index (χ1n) is 10.0. The smallest absolute Gasteiger partial charge is 0.276 e. The molecule has 0 saturated carbocycles. The molecule has 152 valence electrons. The highest BCUT2D eigenvalue weighted by Crippen LogP contribution is 2.30. The molecule has 1 N–H and O–H groups in total. The van der Waals surface area contributed by atoms with Gasteiger partial charge in [-0.3, -0.25) is 14.5 Å². The Morgan fingerprint density at radius 3 is 2.63 bits per heavy atom. The highest BCUT2D eigenvalue weighted by Gasteiger charge is 2.24. The monoisotopic (exact) mass is 417 g/mol. The van der Waals surface area contributed by atoms with Crippen molar-refractivity contribution in [1.82, 2.24) is 19.3 Å². The molecule has 1 aliphatic rings. The van der Waals surface area contributed by atoms with Gasteiger partial charge >= 0.3 is 0 Å². The lowest BCUT2D eigenvalue weighted by atomic mass is 10.1. The Labute approximate surface area is 179 Å². The van der Waals surface area contributed by atoms with Crippen molar-refractivity contribution in [1.29, 1.82) is 0 Å². The summed E-state index contributed by atoms with van der Waals surface area (Å²) >= 11 is 1.56. The van der Waals surface area contributed by atoms with Crippen LogP contribution in [0, 0.1) is 13.8 Å². The maximum atomic E-state index is 13.4. The van der Waals surface area contributed by atoms with E-state index < -0.39 is 0 Å². The molecule has 1 aliphatic heterocycles. The predicted octanol–water partition coefficient (Wildman–Crippen LogP) is 4.31. The second kappa shape index (κ2) is 7.34. The summed E-state index contributed by atoms with van der Waals surface area (Å²) < 4.78 is 1.88. The minimum absolute atomic E-state index is 0.192. The van der Waals surface area contributed by atoms with Crippen molar-refractivity contribution in [3.05, 3.63) is 70.0 Å².